The Labute approximate surface area is 153 Å². The number of rotatable bonds is 9. The van der Waals surface area contributed by atoms with Crippen molar-refractivity contribution in [1.82, 2.24) is 5.32 Å². The number of ether oxygens (including phenoxy) is 1. The van der Waals surface area contributed by atoms with E-state index in [1.165, 1.54) is 0 Å². The SMILES string of the molecule is CC(C)(C)[Si](C)(C)OC[C@@H](NC[Si](C)(C)C)C(=O)OC[Si](C)(C)C. The Hall–Kier alpha value is 0.0406. The minimum absolute atomic E-state index is 0.137. The summed E-state index contributed by atoms with van der Waals surface area (Å²) in [6.07, 6.45) is 1.46. The van der Waals surface area contributed by atoms with Crippen LogP contribution in [-0.2, 0) is 14.0 Å². The molecule has 144 valence electrons. The number of nitrogens with one attached hydrogen (secondary N) is 1. The van der Waals surface area contributed by atoms with E-state index in [9.17, 15) is 4.79 Å². The average Bonchev–Trinajstić information content (AvgIpc) is 2.32. The number of esters is 1. The van der Waals surface area contributed by atoms with Crippen molar-refractivity contribution in [2.75, 3.05) is 19.0 Å². The van der Waals surface area contributed by atoms with Crippen molar-refractivity contribution in [3.05, 3.63) is 0 Å². The van der Waals surface area contributed by atoms with Gasteiger partial charge >= 0.3 is 5.97 Å². The number of hydrogen-bond acceptors (Lipinski definition) is 4. The van der Waals surface area contributed by atoms with Gasteiger partial charge in [-0.2, -0.15) is 0 Å². The summed E-state index contributed by atoms with van der Waals surface area (Å²) in [4.78, 5) is 12.6. The highest BCUT2D eigenvalue weighted by atomic mass is 28.4. The van der Waals surface area contributed by atoms with Crippen LogP contribution in [0.5, 0.6) is 0 Å². The molecule has 0 aromatic rings. The maximum absolute atomic E-state index is 12.6. The van der Waals surface area contributed by atoms with Gasteiger partial charge in [0.2, 0.25) is 0 Å². The van der Waals surface area contributed by atoms with Crippen LogP contribution < -0.4 is 5.32 Å². The van der Waals surface area contributed by atoms with Gasteiger partial charge in [-0.1, -0.05) is 60.1 Å². The van der Waals surface area contributed by atoms with Crippen molar-refractivity contribution in [1.29, 1.82) is 0 Å². The molecule has 0 aliphatic carbocycles. The van der Waals surface area contributed by atoms with E-state index in [4.69, 9.17) is 9.16 Å². The van der Waals surface area contributed by atoms with Gasteiger partial charge < -0.3 is 14.5 Å². The Kier molecular flexibility index (Phi) is 8.63. The Balaban J connectivity index is 4.90. The van der Waals surface area contributed by atoms with E-state index in [2.05, 4.69) is 78.5 Å². The van der Waals surface area contributed by atoms with Crippen LogP contribution in [0.1, 0.15) is 20.8 Å². The van der Waals surface area contributed by atoms with Gasteiger partial charge in [-0.15, -0.1) is 0 Å². The van der Waals surface area contributed by atoms with Gasteiger partial charge in [-0.25, -0.2) is 0 Å². The molecule has 24 heavy (non-hydrogen) atoms. The maximum Gasteiger partial charge on any atom is 0.325 e. The van der Waals surface area contributed by atoms with Gasteiger partial charge in [0.15, 0.2) is 8.32 Å². The van der Waals surface area contributed by atoms with Gasteiger partial charge in [0.25, 0.3) is 0 Å². The topological polar surface area (TPSA) is 47.6 Å². The van der Waals surface area contributed by atoms with Crippen LogP contribution in [0.15, 0.2) is 0 Å². The zero-order valence-electron chi connectivity index (χ0n) is 17.9. The molecule has 0 spiro atoms. The molecule has 0 saturated heterocycles. The third-order valence-electron chi connectivity index (χ3n) is 4.23. The number of carbonyl (C=O) groups is 1. The highest BCUT2D eigenvalue weighted by Crippen LogP contribution is 2.36. The van der Waals surface area contributed by atoms with Crippen molar-refractivity contribution in [3.63, 3.8) is 0 Å². The van der Waals surface area contributed by atoms with Crippen LogP contribution in [-0.4, -0.2) is 55.5 Å². The lowest BCUT2D eigenvalue weighted by Gasteiger charge is -2.37. The van der Waals surface area contributed by atoms with E-state index in [1.807, 2.05) is 0 Å². The highest BCUT2D eigenvalue weighted by molar-refractivity contribution is 6.76. The molecule has 0 unspecified atom stereocenters. The fraction of sp³-hybridized carbons (Fsp3) is 0.941. The zero-order valence-corrected chi connectivity index (χ0v) is 20.9. The van der Waals surface area contributed by atoms with Gasteiger partial charge in [0.05, 0.1) is 29.0 Å². The summed E-state index contributed by atoms with van der Waals surface area (Å²) in [5, 5.41) is 3.56. The van der Waals surface area contributed by atoms with Crippen molar-refractivity contribution < 1.29 is 14.0 Å². The number of carbonyl (C=O) groups excluding carboxylic acids is 1. The lowest BCUT2D eigenvalue weighted by molar-refractivity contribution is -0.145. The number of hydrogen-bond donors (Lipinski definition) is 1. The molecular weight excluding hydrogens is 350 g/mol. The molecule has 0 aliphatic heterocycles. The summed E-state index contributed by atoms with van der Waals surface area (Å²) in [5.41, 5.74) is 0. The second-order valence-electron chi connectivity index (χ2n) is 10.7. The van der Waals surface area contributed by atoms with E-state index in [-0.39, 0.29) is 17.0 Å². The average molecular weight is 392 g/mol. The monoisotopic (exact) mass is 391 g/mol. The predicted octanol–water partition coefficient (Wildman–Crippen LogP) is 4.26. The molecule has 0 radical (unpaired) electrons. The molecule has 1 N–H and O–H groups in total. The second-order valence-corrected chi connectivity index (χ2v) is 26.4. The summed E-state index contributed by atoms with van der Waals surface area (Å²) >= 11 is 0. The standard InChI is InChI=1S/C17H41NO3Si3/c1-17(2,3)24(10,11)21-12-15(18-13-22(4,5)6)16(19)20-14-23(7,8)9/h15,18H,12-14H2,1-11H3/t15-/m1/s1. The van der Waals surface area contributed by atoms with Crippen molar-refractivity contribution in [2.24, 2.45) is 0 Å². The zero-order chi connectivity index (χ0) is 19.4. The molecule has 0 fully saturated rings. The fourth-order valence-electron chi connectivity index (χ4n) is 1.54. The molecule has 0 heterocycles. The maximum atomic E-state index is 12.6. The van der Waals surface area contributed by atoms with Crippen LogP contribution in [0.25, 0.3) is 0 Å². The first kappa shape index (κ1) is 24.0. The van der Waals surface area contributed by atoms with Crippen LogP contribution in [0.4, 0.5) is 0 Å². The van der Waals surface area contributed by atoms with E-state index in [0.29, 0.717) is 12.8 Å². The fourth-order valence-corrected chi connectivity index (χ4v) is 3.99. The Morgan fingerprint density at radius 1 is 0.958 bits per heavy atom. The molecule has 0 aliphatic rings. The summed E-state index contributed by atoms with van der Waals surface area (Å²) < 4.78 is 11.9. The lowest BCUT2D eigenvalue weighted by Crippen LogP contribution is -2.52. The Bertz CT molecular complexity index is 407. The first-order valence-electron chi connectivity index (χ1n) is 8.99. The molecule has 0 rings (SSSR count). The minimum atomic E-state index is -1.88. The highest BCUT2D eigenvalue weighted by Gasteiger charge is 2.38. The van der Waals surface area contributed by atoms with E-state index in [1.54, 1.807) is 0 Å². The lowest BCUT2D eigenvalue weighted by atomic mass is 10.2. The van der Waals surface area contributed by atoms with Gasteiger partial charge in [-0.05, 0) is 24.3 Å². The minimum Gasteiger partial charge on any atom is -0.468 e. The Morgan fingerprint density at radius 3 is 1.83 bits per heavy atom. The first-order chi connectivity index (χ1) is 10.4. The van der Waals surface area contributed by atoms with Crippen molar-refractivity contribution >= 4 is 30.4 Å². The van der Waals surface area contributed by atoms with Crippen LogP contribution in [0, 0.1) is 0 Å². The second kappa shape index (κ2) is 8.62. The van der Waals surface area contributed by atoms with Crippen LogP contribution in [0.3, 0.4) is 0 Å². The van der Waals surface area contributed by atoms with Gasteiger partial charge in [0.1, 0.15) is 6.04 Å². The first-order valence-corrected chi connectivity index (χ1v) is 19.3. The quantitative estimate of drug-likeness (QED) is 0.471. The summed E-state index contributed by atoms with van der Waals surface area (Å²) in [6, 6.07) is -0.359. The molecule has 0 aromatic carbocycles. The molecule has 7 heteroatoms. The largest absolute Gasteiger partial charge is 0.468 e. The molecule has 0 aromatic heterocycles. The van der Waals surface area contributed by atoms with E-state index in [0.717, 1.165) is 6.17 Å². The normalized spacial score (nSPS) is 15.3. The molecular formula is C17H41NO3Si3. The predicted molar refractivity (Wildman–Crippen MR) is 113 cm³/mol. The van der Waals surface area contributed by atoms with Crippen LogP contribution in [0.2, 0.25) is 57.4 Å². The molecule has 0 bridgehead atoms. The molecule has 4 nitrogen and oxygen atoms in total. The molecule has 0 saturated carbocycles. The van der Waals surface area contributed by atoms with E-state index >= 15 is 0 Å². The third-order valence-corrected chi connectivity index (χ3v) is 11.0. The smallest absolute Gasteiger partial charge is 0.325 e. The van der Waals surface area contributed by atoms with Gasteiger partial charge in [0, 0.05) is 0 Å². The molecule has 1 atom stereocenters. The summed E-state index contributed by atoms with van der Waals surface area (Å²) in [5.74, 6) is -0.158. The summed E-state index contributed by atoms with van der Waals surface area (Å²) in [6.45, 7) is 25.0. The van der Waals surface area contributed by atoms with Gasteiger partial charge in [-0.3, -0.25) is 4.79 Å². The van der Waals surface area contributed by atoms with Crippen molar-refractivity contribution in [2.45, 2.75) is 84.2 Å². The summed E-state index contributed by atoms with van der Waals surface area (Å²) in [7, 11) is -4.58. The molecule has 0 amide bonds. The third kappa shape index (κ3) is 10.1. The van der Waals surface area contributed by atoms with E-state index < -0.39 is 24.5 Å². The Morgan fingerprint density at radius 2 is 1.46 bits per heavy atom. The van der Waals surface area contributed by atoms with Crippen molar-refractivity contribution in [3.8, 4) is 0 Å². The van der Waals surface area contributed by atoms with Crippen LogP contribution >= 0.6 is 0 Å².